The number of aliphatic imine (C=N–C) groups is 1. The van der Waals surface area contributed by atoms with Crippen molar-refractivity contribution in [2.45, 2.75) is 12.7 Å². The third kappa shape index (κ3) is 3.41. The van der Waals surface area contributed by atoms with Crippen molar-refractivity contribution >= 4 is 22.9 Å². The Labute approximate surface area is 197 Å². The number of pyridine rings is 1. The smallest absolute Gasteiger partial charge is 0.216 e. The highest BCUT2D eigenvalue weighted by atomic mass is 16.5. The third-order valence-electron chi connectivity index (χ3n) is 6.21. The first-order valence-corrected chi connectivity index (χ1v) is 11.1. The molecule has 0 amide bonds. The summed E-state index contributed by atoms with van der Waals surface area (Å²) in [5.74, 6) is 3.12. The standard InChI is InChI=1S/C25H25N7O2/c1-33-18-10-11-19(22(13-18)34-2)23-29-24-27-15-30(14-17-7-5-6-12-26-17)16-31(24)25-28-20-8-3-4-9-21(20)32(23)25/h3-13,23H,14-16H2,1-2H3,(H,27,29). The van der Waals surface area contributed by atoms with Crippen LogP contribution in [0, 0.1) is 0 Å². The number of nitrogens with one attached hydrogen (secondary N) is 1. The van der Waals surface area contributed by atoms with Crippen LogP contribution in [-0.4, -0.2) is 53.0 Å². The van der Waals surface area contributed by atoms with Gasteiger partial charge in [-0.25, -0.2) is 9.98 Å². The lowest BCUT2D eigenvalue weighted by Crippen LogP contribution is -2.57. The maximum atomic E-state index is 5.74. The Balaban J connectivity index is 1.44. The molecule has 2 aromatic heterocycles. The second kappa shape index (κ2) is 8.35. The molecule has 1 unspecified atom stereocenters. The Hall–Kier alpha value is -4.11. The maximum absolute atomic E-state index is 5.74. The lowest BCUT2D eigenvalue weighted by molar-refractivity contribution is 0.260. The Bertz CT molecular complexity index is 1370. The highest BCUT2D eigenvalue weighted by molar-refractivity contribution is 5.99. The maximum Gasteiger partial charge on any atom is 0.216 e. The average molecular weight is 456 g/mol. The fourth-order valence-corrected chi connectivity index (χ4v) is 4.59. The van der Waals surface area contributed by atoms with E-state index >= 15 is 0 Å². The van der Waals surface area contributed by atoms with Gasteiger partial charge in [0, 0.05) is 24.4 Å². The zero-order chi connectivity index (χ0) is 23.1. The van der Waals surface area contributed by atoms with Crippen molar-refractivity contribution in [3.63, 3.8) is 0 Å². The van der Waals surface area contributed by atoms with Crippen LogP contribution in [0.25, 0.3) is 11.0 Å². The summed E-state index contributed by atoms with van der Waals surface area (Å²) in [6.45, 7) is 1.93. The molecule has 4 aromatic rings. The summed E-state index contributed by atoms with van der Waals surface area (Å²) in [5.41, 5.74) is 3.96. The number of ether oxygens (including phenoxy) is 2. The molecule has 0 spiro atoms. The zero-order valence-corrected chi connectivity index (χ0v) is 19.0. The predicted octanol–water partition coefficient (Wildman–Crippen LogP) is 3.19. The summed E-state index contributed by atoms with van der Waals surface area (Å²) in [6.07, 6.45) is 1.59. The lowest BCUT2D eigenvalue weighted by atomic mass is 10.1. The number of anilines is 1. The molecule has 0 aliphatic carbocycles. The van der Waals surface area contributed by atoms with Crippen molar-refractivity contribution in [3.8, 4) is 11.5 Å². The van der Waals surface area contributed by atoms with Crippen molar-refractivity contribution in [2.24, 2.45) is 4.99 Å². The fourth-order valence-electron chi connectivity index (χ4n) is 4.59. The first-order valence-electron chi connectivity index (χ1n) is 11.1. The van der Waals surface area contributed by atoms with Gasteiger partial charge in [0.25, 0.3) is 0 Å². The van der Waals surface area contributed by atoms with Gasteiger partial charge in [-0.2, -0.15) is 0 Å². The van der Waals surface area contributed by atoms with E-state index in [0.29, 0.717) is 19.9 Å². The van der Waals surface area contributed by atoms with E-state index < -0.39 is 0 Å². The Morgan fingerprint density at radius 2 is 1.91 bits per heavy atom. The van der Waals surface area contributed by atoms with Crippen LogP contribution in [0.3, 0.4) is 0 Å². The molecule has 2 aliphatic heterocycles. The van der Waals surface area contributed by atoms with Gasteiger partial charge in [-0.05, 0) is 36.4 Å². The minimum atomic E-state index is -0.236. The number of fused-ring (bicyclic) bond motifs is 5. The van der Waals surface area contributed by atoms with Crippen molar-refractivity contribution < 1.29 is 9.47 Å². The number of guanidine groups is 1. The predicted molar refractivity (Wildman–Crippen MR) is 130 cm³/mol. The number of hydrogen-bond donors (Lipinski definition) is 1. The summed E-state index contributed by atoms with van der Waals surface area (Å²) in [6, 6.07) is 20.0. The number of benzene rings is 2. The zero-order valence-electron chi connectivity index (χ0n) is 19.0. The van der Waals surface area contributed by atoms with Crippen LogP contribution >= 0.6 is 0 Å². The molecule has 0 saturated heterocycles. The molecule has 0 fully saturated rings. The van der Waals surface area contributed by atoms with Crippen molar-refractivity contribution in [3.05, 3.63) is 78.1 Å². The SMILES string of the molecule is COc1ccc(C2NC3=NCN(Cc4ccccn4)CN3c3nc4ccccc4n32)c(OC)c1. The molecule has 9 nitrogen and oxygen atoms in total. The molecule has 0 saturated carbocycles. The molecule has 2 aliphatic rings. The van der Waals surface area contributed by atoms with Crippen LogP contribution in [-0.2, 0) is 6.54 Å². The van der Waals surface area contributed by atoms with Gasteiger partial charge in [-0.1, -0.05) is 18.2 Å². The van der Waals surface area contributed by atoms with Gasteiger partial charge in [-0.15, -0.1) is 0 Å². The van der Waals surface area contributed by atoms with Crippen LogP contribution in [0.1, 0.15) is 17.4 Å². The van der Waals surface area contributed by atoms with Crippen LogP contribution < -0.4 is 19.7 Å². The van der Waals surface area contributed by atoms with Gasteiger partial charge in [0.1, 0.15) is 17.7 Å². The summed E-state index contributed by atoms with van der Waals surface area (Å²) in [4.78, 5) is 18.7. The van der Waals surface area contributed by atoms with Crippen molar-refractivity contribution in [2.75, 3.05) is 32.5 Å². The number of imidazole rings is 1. The Morgan fingerprint density at radius 3 is 2.74 bits per heavy atom. The summed E-state index contributed by atoms with van der Waals surface area (Å²) >= 11 is 0. The molecule has 172 valence electrons. The fraction of sp³-hybridized carbons (Fsp3) is 0.240. The van der Waals surface area contributed by atoms with Gasteiger partial charge >= 0.3 is 0 Å². The highest BCUT2D eigenvalue weighted by Crippen LogP contribution is 2.38. The van der Waals surface area contributed by atoms with E-state index in [4.69, 9.17) is 19.5 Å². The Kier molecular flexibility index (Phi) is 5.03. The Morgan fingerprint density at radius 1 is 1.03 bits per heavy atom. The third-order valence-corrected chi connectivity index (χ3v) is 6.21. The quantitative estimate of drug-likeness (QED) is 0.495. The minimum absolute atomic E-state index is 0.236. The molecule has 0 bridgehead atoms. The van der Waals surface area contributed by atoms with Gasteiger partial charge in [0.2, 0.25) is 11.9 Å². The van der Waals surface area contributed by atoms with E-state index in [1.165, 1.54) is 0 Å². The number of hydrogen-bond acceptors (Lipinski definition) is 8. The second-order valence-corrected chi connectivity index (χ2v) is 8.27. The van der Waals surface area contributed by atoms with Crippen molar-refractivity contribution in [1.29, 1.82) is 0 Å². The monoisotopic (exact) mass is 455 g/mol. The normalized spacial score (nSPS) is 17.5. The van der Waals surface area contributed by atoms with Gasteiger partial charge < -0.3 is 14.8 Å². The van der Waals surface area contributed by atoms with E-state index in [1.54, 1.807) is 14.2 Å². The number of methoxy groups -OCH3 is 2. The van der Waals surface area contributed by atoms with E-state index in [0.717, 1.165) is 45.7 Å². The topological polar surface area (TPSA) is 80.0 Å². The molecule has 6 rings (SSSR count). The molecule has 9 heteroatoms. The van der Waals surface area contributed by atoms with Crippen LogP contribution in [0.5, 0.6) is 11.5 Å². The highest BCUT2D eigenvalue weighted by Gasteiger charge is 2.37. The lowest BCUT2D eigenvalue weighted by Gasteiger charge is -2.41. The summed E-state index contributed by atoms with van der Waals surface area (Å²) in [7, 11) is 3.33. The van der Waals surface area contributed by atoms with E-state index in [1.807, 2.05) is 60.8 Å². The van der Waals surface area contributed by atoms with Crippen molar-refractivity contribution in [1.82, 2.24) is 24.8 Å². The number of aromatic nitrogens is 3. The number of nitrogens with zero attached hydrogens (tertiary/aromatic N) is 6. The molecule has 2 aromatic carbocycles. The van der Waals surface area contributed by atoms with E-state index in [-0.39, 0.29) is 6.17 Å². The first kappa shape index (κ1) is 20.5. The molecule has 0 radical (unpaired) electrons. The average Bonchev–Trinajstić information content (AvgIpc) is 3.29. The van der Waals surface area contributed by atoms with Gasteiger partial charge in [0.05, 0.1) is 44.3 Å². The molecule has 34 heavy (non-hydrogen) atoms. The van der Waals surface area contributed by atoms with Crippen LogP contribution in [0.15, 0.2) is 71.9 Å². The number of rotatable bonds is 5. The molecule has 4 heterocycles. The first-order chi connectivity index (χ1) is 16.7. The minimum Gasteiger partial charge on any atom is -0.497 e. The molecular weight excluding hydrogens is 430 g/mol. The summed E-state index contributed by atoms with van der Waals surface area (Å²) in [5, 5.41) is 3.64. The summed E-state index contributed by atoms with van der Waals surface area (Å²) < 4.78 is 13.4. The second-order valence-electron chi connectivity index (χ2n) is 8.27. The van der Waals surface area contributed by atoms with E-state index in [9.17, 15) is 0 Å². The molecule has 1 atom stereocenters. The largest absolute Gasteiger partial charge is 0.497 e. The van der Waals surface area contributed by atoms with Gasteiger partial charge in [0.15, 0.2) is 0 Å². The van der Waals surface area contributed by atoms with Gasteiger partial charge in [-0.3, -0.25) is 19.4 Å². The van der Waals surface area contributed by atoms with Crippen LogP contribution in [0.2, 0.25) is 0 Å². The number of para-hydroxylation sites is 2. The molecular formula is C25H25N7O2. The van der Waals surface area contributed by atoms with Crippen LogP contribution in [0.4, 0.5) is 5.95 Å². The molecule has 1 N–H and O–H groups in total. The van der Waals surface area contributed by atoms with E-state index in [2.05, 4.69) is 30.7 Å².